The molecule has 0 atom stereocenters. The molecule has 0 aliphatic carbocycles. The van der Waals surface area contributed by atoms with E-state index in [2.05, 4.69) is 0 Å². The lowest BCUT2D eigenvalue weighted by Gasteiger charge is -2.07. The van der Waals surface area contributed by atoms with E-state index in [9.17, 15) is 8.42 Å². The van der Waals surface area contributed by atoms with Gasteiger partial charge in [-0.1, -0.05) is 23.7 Å². The zero-order valence-electron chi connectivity index (χ0n) is 7.35. The molecule has 0 aliphatic rings. The largest absolute Gasteiger partial charge is 0.443 e. The van der Waals surface area contributed by atoms with Crippen molar-refractivity contribution in [1.29, 1.82) is 0 Å². The van der Waals surface area contributed by atoms with Crippen molar-refractivity contribution in [1.82, 2.24) is 0 Å². The summed E-state index contributed by atoms with van der Waals surface area (Å²) in [6, 6.07) is 5.83. The van der Waals surface area contributed by atoms with Gasteiger partial charge < -0.3 is 4.74 Å². The average Bonchev–Trinajstić information content (AvgIpc) is 2.17. The second kappa shape index (κ2) is 4.85. The molecule has 0 saturated carbocycles. The molecule has 0 saturated heterocycles. The van der Waals surface area contributed by atoms with Gasteiger partial charge in [-0.15, -0.1) is 0 Å². The molecule has 0 radical (unpaired) electrons. The van der Waals surface area contributed by atoms with Crippen LogP contribution < -0.4 is 9.88 Å². The van der Waals surface area contributed by atoms with Gasteiger partial charge >= 0.3 is 0 Å². The molecular weight excluding hydrogens is 261 g/mol. The van der Waals surface area contributed by atoms with Crippen LogP contribution in [-0.4, -0.2) is 8.42 Å². The second-order valence-electron chi connectivity index (χ2n) is 2.51. The van der Waals surface area contributed by atoms with Crippen LogP contribution in [0, 0.1) is 0 Å². The molecule has 0 unspecified atom stereocenters. The Hall–Kier alpha value is -0.750. The van der Waals surface area contributed by atoms with Crippen molar-refractivity contribution in [2.45, 2.75) is 4.90 Å². The molecule has 2 N–H and O–H groups in total. The molecule has 0 aliphatic heterocycles. The Morgan fingerprint density at radius 2 is 2.00 bits per heavy atom. The Balaban J connectivity index is 3.19. The molecule has 15 heavy (non-hydrogen) atoms. The van der Waals surface area contributed by atoms with E-state index in [0.29, 0.717) is 0 Å². The fourth-order valence-corrected chi connectivity index (χ4v) is 1.68. The molecule has 0 amide bonds. The highest BCUT2D eigenvalue weighted by Gasteiger charge is 2.14. The Labute approximate surface area is 97.3 Å². The number of hydrogen-bond acceptors (Lipinski definition) is 3. The van der Waals surface area contributed by atoms with E-state index >= 15 is 0 Å². The normalized spacial score (nSPS) is 12.6. The lowest BCUT2D eigenvalue weighted by Crippen LogP contribution is -2.13. The summed E-state index contributed by atoms with van der Waals surface area (Å²) in [6.07, 6.45) is 0. The van der Waals surface area contributed by atoms with E-state index < -0.39 is 10.0 Å². The molecule has 1 aromatic rings. The number of benzene rings is 1. The first-order valence-electron chi connectivity index (χ1n) is 3.70. The average molecular weight is 268 g/mol. The van der Waals surface area contributed by atoms with Crippen LogP contribution in [0.15, 0.2) is 39.9 Å². The van der Waals surface area contributed by atoms with Crippen molar-refractivity contribution in [3.63, 3.8) is 0 Å². The predicted molar refractivity (Wildman–Crippen MR) is 58.2 cm³/mol. The minimum atomic E-state index is -3.84. The van der Waals surface area contributed by atoms with Crippen LogP contribution >= 0.6 is 23.2 Å². The van der Waals surface area contributed by atoms with Crippen molar-refractivity contribution in [2.24, 2.45) is 5.14 Å². The standard InChI is InChI=1S/C8H7Cl2NO3S/c9-5-8(10)14-6-3-1-2-4-7(6)15(11,12)13/h1-5H,(H2,11,12,13). The molecule has 1 rings (SSSR count). The molecule has 4 nitrogen and oxygen atoms in total. The minimum Gasteiger partial charge on any atom is -0.443 e. The summed E-state index contributed by atoms with van der Waals surface area (Å²) >= 11 is 10.8. The predicted octanol–water partition coefficient (Wildman–Crippen LogP) is 1.99. The number of nitrogens with two attached hydrogens (primary N) is 1. The molecule has 0 bridgehead atoms. The van der Waals surface area contributed by atoms with Gasteiger partial charge in [0.15, 0.2) is 0 Å². The van der Waals surface area contributed by atoms with E-state index in [1.165, 1.54) is 18.2 Å². The summed E-state index contributed by atoms with van der Waals surface area (Å²) in [5.41, 5.74) is 0.974. The van der Waals surface area contributed by atoms with Gasteiger partial charge in [0.2, 0.25) is 15.2 Å². The van der Waals surface area contributed by atoms with Gasteiger partial charge in [0.05, 0.1) is 5.54 Å². The summed E-state index contributed by atoms with van der Waals surface area (Å²) in [7, 11) is -3.84. The van der Waals surface area contributed by atoms with Crippen molar-refractivity contribution in [2.75, 3.05) is 0 Å². The topological polar surface area (TPSA) is 69.4 Å². The van der Waals surface area contributed by atoms with E-state index in [1.54, 1.807) is 6.07 Å². The lowest BCUT2D eigenvalue weighted by molar-refractivity contribution is 0.449. The summed E-state index contributed by atoms with van der Waals surface area (Å²) in [5, 5.41) is 4.83. The van der Waals surface area contributed by atoms with E-state index in [-0.39, 0.29) is 15.9 Å². The van der Waals surface area contributed by atoms with Crippen LogP contribution in [0.4, 0.5) is 0 Å². The van der Waals surface area contributed by atoms with E-state index in [4.69, 9.17) is 33.1 Å². The highest BCUT2D eigenvalue weighted by molar-refractivity contribution is 7.89. The number of sulfonamides is 1. The number of hydrogen-bond donors (Lipinski definition) is 1. The number of ether oxygens (including phenoxy) is 1. The second-order valence-corrected chi connectivity index (χ2v) is 4.63. The first-order valence-corrected chi connectivity index (χ1v) is 6.07. The van der Waals surface area contributed by atoms with Crippen LogP contribution in [0.25, 0.3) is 0 Å². The summed E-state index contributed by atoms with van der Waals surface area (Å²) in [5.74, 6) is 0.0295. The van der Waals surface area contributed by atoms with E-state index in [1.807, 2.05) is 0 Å². The Kier molecular flexibility index (Phi) is 3.98. The van der Waals surface area contributed by atoms with Gasteiger partial charge in [-0.05, 0) is 23.7 Å². The quantitative estimate of drug-likeness (QED) is 0.852. The van der Waals surface area contributed by atoms with E-state index in [0.717, 1.165) is 5.54 Å². The van der Waals surface area contributed by atoms with Gasteiger partial charge in [0, 0.05) is 0 Å². The third-order valence-electron chi connectivity index (χ3n) is 1.45. The van der Waals surface area contributed by atoms with Gasteiger partial charge in [-0.3, -0.25) is 0 Å². The molecule has 0 fully saturated rings. The molecule has 7 heteroatoms. The van der Waals surface area contributed by atoms with Gasteiger partial charge in [-0.25, -0.2) is 13.6 Å². The molecule has 0 heterocycles. The van der Waals surface area contributed by atoms with Crippen molar-refractivity contribution >= 4 is 33.2 Å². The Bertz CT molecular complexity index is 484. The molecular formula is C8H7Cl2NO3S. The Morgan fingerprint density at radius 3 is 2.53 bits per heavy atom. The highest BCUT2D eigenvalue weighted by atomic mass is 35.5. The fraction of sp³-hybridized carbons (Fsp3) is 0. The molecule has 0 spiro atoms. The maximum Gasteiger partial charge on any atom is 0.241 e. The van der Waals surface area contributed by atoms with Crippen molar-refractivity contribution in [3.05, 3.63) is 35.0 Å². The van der Waals surface area contributed by atoms with Gasteiger partial charge in [0.1, 0.15) is 10.6 Å². The number of halogens is 2. The van der Waals surface area contributed by atoms with Gasteiger partial charge in [0.25, 0.3) is 0 Å². The minimum absolute atomic E-state index is 0.0295. The number of primary sulfonamides is 1. The third kappa shape index (κ3) is 3.39. The summed E-state index contributed by atoms with van der Waals surface area (Å²) < 4.78 is 27.2. The van der Waals surface area contributed by atoms with Crippen molar-refractivity contribution < 1.29 is 13.2 Å². The molecule has 82 valence electrons. The SMILES string of the molecule is NS(=O)(=O)c1ccccc1OC(Cl)=CCl. The third-order valence-corrected chi connectivity index (χ3v) is 2.90. The summed E-state index contributed by atoms with van der Waals surface area (Å²) in [6.45, 7) is 0. The van der Waals surface area contributed by atoms with Crippen LogP contribution in [0.3, 0.4) is 0 Å². The van der Waals surface area contributed by atoms with Crippen LogP contribution in [-0.2, 0) is 10.0 Å². The highest BCUT2D eigenvalue weighted by Crippen LogP contribution is 2.24. The molecule has 0 aromatic heterocycles. The monoisotopic (exact) mass is 267 g/mol. The maximum atomic E-state index is 11.1. The fourth-order valence-electron chi connectivity index (χ4n) is 0.897. The van der Waals surface area contributed by atoms with Gasteiger partial charge in [-0.2, -0.15) is 0 Å². The maximum absolute atomic E-state index is 11.1. The summed E-state index contributed by atoms with van der Waals surface area (Å²) in [4.78, 5) is -0.151. The van der Waals surface area contributed by atoms with Crippen LogP contribution in [0.2, 0.25) is 0 Å². The van der Waals surface area contributed by atoms with Crippen LogP contribution in [0.5, 0.6) is 5.75 Å². The zero-order valence-corrected chi connectivity index (χ0v) is 9.68. The number of para-hydroxylation sites is 1. The van der Waals surface area contributed by atoms with Crippen molar-refractivity contribution in [3.8, 4) is 5.75 Å². The lowest BCUT2D eigenvalue weighted by atomic mass is 10.3. The zero-order chi connectivity index (χ0) is 11.5. The number of rotatable bonds is 3. The first-order chi connectivity index (χ1) is 6.95. The van der Waals surface area contributed by atoms with Crippen LogP contribution in [0.1, 0.15) is 0 Å². The Morgan fingerprint density at radius 1 is 1.40 bits per heavy atom. The smallest absolute Gasteiger partial charge is 0.241 e. The first kappa shape index (κ1) is 12.3. The molecule has 1 aromatic carbocycles.